The summed E-state index contributed by atoms with van der Waals surface area (Å²) in [5, 5.41) is 0. The number of para-hydroxylation sites is 2. The van der Waals surface area contributed by atoms with Gasteiger partial charge in [0, 0.05) is 19.2 Å². The van der Waals surface area contributed by atoms with Crippen LogP contribution in [0.1, 0.15) is 5.56 Å². The second-order valence-electron chi connectivity index (χ2n) is 8.04. The Morgan fingerprint density at radius 1 is 1.03 bits per heavy atom. The summed E-state index contributed by atoms with van der Waals surface area (Å²) in [6.45, 7) is 3.06. The number of fused-ring (bicyclic) bond motifs is 2. The third kappa shape index (κ3) is 4.38. The normalized spacial score (nSPS) is 19.4. The predicted octanol–water partition coefficient (Wildman–Crippen LogP) is 2.13. The molecule has 0 N–H and O–H groups in total. The molecule has 0 bridgehead atoms. The van der Waals surface area contributed by atoms with Gasteiger partial charge < -0.3 is 33.5 Å². The fraction of sp³-hybridized carbons (Fsp3) is 0.360. The summed E-state index contributed by atoms with van der Waals surface area (Å²) in [5.41, 5.74) is 1.36. The van der Waals surface area contributed by atoms with Crippen molar-refractivity contribution in [1.29, 1.82) is 0 Å². The Kier molecular flexibility index (Phi) is 6.27. The van der Waals surface area contributed by atoms with Crippen LogP contribution < -0.4 is 23.8 Å². The van der Waals surface area contributed by atoms with Crippen molar-refractivity contribution in [3.63, 3.8) is 0 Å². The fourth-order valence-corrected chi connectivity index (χ4v) is 4.21. The van der Waals surface area contributed by atoms with Gasteiger partial charge in [0.25, 0.3) is 11.8 Å². The van der Waals surface area contributed by atoms with Gasteiger partial charge in [0.15, 0.2) is 17.6 Å². The van der Waals surface area contributed by atoms with Crippen LogP contribution in [0.15, 0.2) is 42.5 Å². The Morgan fingerprint density at radius 2 is 1.82 bits per heavy atom. The van der Waals surface area contributed by atoms with Gasteiger partial charge in [-0.25, -0.2) is 0 Å². The zero-order valence-corrected chi connectivity index (χ0v) is 18.9. The number of anilines is 1. The maximum Gasteiger partial charge on any atom is 0.265 e. The molecular weight excluding hydrogens is 440 g/mol. The van der Waals surface area contributed by atoms with E-state index in [4.69, 9.17) is 23.7 Å². The number of methoxy groups -OCH3 is 1. The molecule has 2 aromatic rings. The highest BCUT2D eigenvalue weighted by atomic mass is 16.6. The monoisotopic (exact) mass is 466 g/mol. The van der Waals surface area contributed by atoms with Crippen molar-refractivity contribution in [2.75, 3.05) is 58.1 Å². The number of ether oxygens (including phenoxy) is 5. The first-order valence-electron chi connectivity index (χ1n) is 11.2. The first kappa shape index (κ1) is 22.1. The predicted molar refractivity (Wildman–Crippen MR) is 124 cm³/mol. The van der Waals surface area contributed by atoms with Crippen LogP contribution in [-0.4, -0.2) is 76.0 Å². The highest BCUT2D eigenvalue weighted by molar-refractivity contribution is 6.06. The molecule has 5 rings (SSSR count). The third-order valence-corrected chi connectivity index (χ3v) is 5.91. The Morgan fingerprint density at radius 3 is 2.65 bits per heavy atom. The van der Waals surface area contributed by atoms with E-state index in [0.717, 1.165) is 5.56 Å². The van der Waals surface area contributed by atoms with Crippen molar-refractivity contribution < 1.29 is 33.3 Å². The van der Waals surface area contributed by atoms with E-state index in [-0.39, 0.29) is 18.4 Å². The van der Waals surface area contributed by atoms with Crippen molar-refractivity contribution in [2.45, 2.75) is 6.10 Å². The van der Waals surface area contributed by atoms with Crippen molar-refractivity contribution in [3.05, 3.63) is 48.0 Å². The van der Waals surface area contributed by atoms with Crippen LogP contribution in [0.25, 0.3) is 6.08 Å². The molecule has 1 fully saturated rings. The van der Waals surface area contributed by atoms with E-state index in [1.807, 2.05) is 18.2 Å². The SMILES string of the molecule is COc1cc(C=CC(=O)N2CC(C(=O)N3CCOCC3)Oc3ccccc32)cc2c1OCCO2. The molecule has 0 aromatic heterocycles. The number of amides is 2. The average molecular weight is 466 g/mol. The van der Waals surface area contributed by atoms with E-state index in [2.05, 4.69) is 0 Å². The van der Waals surface area contributed by atoms with Crippen LogP contribution in [0, 0.1) is 0 Å². The van der Waals surface area contributed by atoms with Crippen LogP contribution in [0.3, 0.4) is 0 Å². The molecule has 3 aliphatic rings. The lowest BCUT2D eigenvalue weighted by atomic mass is 10.1. The molecule has 9 heteroatoms. The summed E-state index contributed by atoms with van der Waals surface area (Å²) < 4.78 is 28.1. The molecule has 1 atom stereocenters. The maximum absolute atomic E-state index is 13.3. The number of carbonyl (C=O) groups excluding carboxylic acids is 2. The molecule has 0 saturated carbocycles. The van der Waals surface area contributed by atoms with Gasteiger partial charge in [0.05, 0.1) is 32.6 Å². The molecular formula is C25H26N2O7. The minimum absolute atomic E-state index is 0.126. The van der Waals surface area contributed by atoms with Crippen molar-refractivity contribution >= 4 is 23.6 Å². The Hall–Kier alpha value is -3.72. The zero-order chi connectivity index (χ0) is 23.5. The first-order valence-corrected chi connectivity index (χ1v) is 11.2. The second-order valence-corrected chi connectivity index (χ2v) is 8.04. The Bertz CT molecular complexity index is 1090. The Balaban J connectivity index is 1.38. The summed E-state index contributed by atoms with van der Waals surface area (Å²) in [4.78, 5) is 29.6. The molecule has 2 amide bonds. The average Bonchev–Trinajstić information content (AvgIpc) is 2.90. The quantitative estimate of drug-likeness (QED) is 0.638. The summed E-state index contributed by atoms with van der Waals surface area (Å²) in [6, 6.07) is 10.8. The molecule has 0 aliphatic carbocycles. The largest absolute Gasteiger partial charge is 0.493 e. The minimum Gasteiger partial charge on any atom is -0.493 e. The lowest BCUT2D eigenvalue weighted by molar-refractivity contribution is -0.142. The molecule has 9 nitrogen and oxygen atoms in total. The topological polar surface area (TPSA) is 86.8 Å². The molecule has 3 heterocycles. The lowest BCUT2D eigenvalue weighted by Crippen LogP contribution is -2.53. The van der Waals surface area contributed by atoms with Gasteiger partial charge in [-0.3, -0.25) is 9.59 Å². The number of hydrogen-bond donors (Lipinski definition) is 0. The van der Waals surface area contributed by atoms with Gasteiger partial charge in [0.1, 0.15) is 19.0 Å². The number of morpholine rings is 1. The van der Waals surface area contributed by atoms with Crippen molar-refractivity contribution in [1.82, 2.24) is 4.90 Å². The van der Waals surface area contributed by atoms with Crippen molar-refractivity contribution in [3.8, 4) is 23.0 Å². The number of rotatable bonds is 4. The highest BCUT2D eigenvalue weighted by Crippen LogP contribution is 2.41. The fourth-order valence-electron chi connectivity index (χ4n) is 4.21. The van der Waals surface area contributed by atoms with Gasteiger partial charge in [-0.1, -0.05) is 12.1 Å². The van der Waals surface area contributed by atoms with Crippen molar-refractivity contribution in [2.24, 2.45) is 0 Å². The van der Waals surface area contributed by atoms with E-state index in [1.54, 1.807) is 41.2 Å². The summed E-state index contributed by atoms with van der Waals surface area (Å²) >= 11 is 0. The van der Waals surface area contributed by atoms with Gasteiger partial charge in [-0.15, -0.1) is 0 Å². The zero-order valence-electron chi connectivity index (χ0n) is 18.9. The lowest BCUT2D eigenvalue weighted by Gasteiger charge is -2.37. The van der Waals surface area contributed by atoms with E-state index in [0.29, 0.717) is 68.2 Å². The molecule has 178 valence electrons. The molecule has 1 unspecified atom stereocenters. The van der Waals surface area contributed by atoms with Gasteiger partial charge in [0.2, 0.25) is 5.75 Å². The standard InChI is InChI=1S/C25H26N2O7/c1-30-20-14-17(15-21-24(20)33-13-12-32-21)6-7-23(28)27-16-22(25(29)26-8-10-31-11-9-26)34-19-5-3-2-4-18(19)27/h2-7,14-15,22H,8-13,16H2,1H3. The van der Waals surface area contributed by atoms with Crippen LogP contribution in [0.4, 0.5) is 5.69 Å². The van der Waals surface area contributed by atoms with Crippen LogP contribution in [-0.2, 0) is 14.3 Å². The molecule has 34 heavy (non-hydrogen) atoms. The molecule has 0 spiro atoms. The van der Waals surface area contributed by atoms with Crippen LogP contribution in [0.2, 0.25) is 0 Å². The molecule has 2 aromatic carbocycles. The summed E-state index contributed by atoms with van der Waals surface area (Å²) in [6.07, 6.45) is 2.39. The first-order chi connectivity index (χ1) is 16.6. The van der Waals surface area contributed by atoms with Gasteiger partial charge in [-0.05, 0) is 35.9 Å². The molecule has 1 saturated heterocycles. The highest BCUT2D eigenvalue weighted by Gasteiger charge is 2.35. The molecule has 0 radical (unpaired) electrons. The van der Waals surface area contributed by atoms with E-state index < -0.39 is 6.10 Å². The number of nitrogens with zero attached hydrogens (tertiary/aromatic N) is 2. The van der Waals surface area contributed by atoms with E-state index in [9.17, 15) is 9.59 Å². The summed E-state index contributed by atoms with van der Waals surface area (Å²) in [5.74, 6) is 1.77. The molecule has 3 aliphatic heterocycles. The summed E-state index contributed by atoms with van der Waals surface area (Å²) in [7, 11) is 1.56. The van der Waals surface area contributed by atoms with Crippen LogP contribution >= 0.6 is 0 Å². The number of benzene rings is 2. The number of hydrogen-bond acceptors (Lipinski definition) is 7. The second kappa shape index (κ2) is 9.64. The Labute approximate surface area is 197 Å². The van der Waals surface area contributed by atoms with E-state index in [1.165, 1.54) is 6.08 Å². The third-order valence-electron chi connectivity index (χ3n) is 5.91. The van der Waals surface area contributed by atoms with Gasteiger partial charge >= 0.3 is 0 Å². The minimum atomic E-state index is -0.778. The van der Waals surface area contributed by atoms with Gasteiger partial charge in [-0.2, -0.15) is 0 Å². The van der Waals surface area contributed by atoms with Crippen LogP contribution in [0.5, 0.6) is 23.0 Å². The van der Waals surface area contributed by atoms with E-state index >= 15 is 0 Å². The number of carbonyl (C=O) groups is 2. The smallest absolute Gasteiger partial charge is 0.265 e. The maximum atomic E-state index is 13.3.